The zero-order chi connectivity index (χ0) is 50.6. The number of allylic oxidation sites excluding steroid dienone is 2. The Morgan fingerprint density at radius 1 is 0.691 bits per heavy atom. The van der Waals surface area contributed by atoms with Crippen LogP contribution < -0.4 is 26.6 Å². The number of oxazole rings is 1. The molecule has 0 radical (unpaired) electrons. The number of para-hydroxylation sites is 2. The number of carbonyl (C=O) groups is 2. The van der Waals surface area contributed by atoms with Gasteiger partial charge in [-0.05, 0) is 154 Å². The summed E-state index contributed by atoms with van der Waals surface area (Å²) in [6.07, 6.45) is 13.2. The number of isocyanates is 1. The average Bonchev–Trinajstić information content (AvgIpc) is 3.76. The molecular formula is C51H81N9O8. The number of aryl methyl sites for hydroxylation is 2. The lowest BCUT2D eigenvalue weighted by Crippen LogP contribution is -2.47. The third-order valence-electron chi connectivity index (χ3n) is 9.66. The molecule has 3 aromatic carbocycles. The molecular weight excluding hydrogens is 867 g/mol. The van der Waals surface area contributed by atoms with Gasteiger partial charge in [-0.2, -0.15) is 4.99 Å². The van der Waals surface area contributed by atoms with Gasteiger partial charge in [-0.3, -0.25) is 0 Å². The molecule has 378 valence electrons. The van der Waals surface area contributed by atoms with Crippen molar-refractivity contribution in [2.24, 2.45) is 4.99 Å². The van der Waals surface area contributed by atoms with E-state index in [1.165, 1.54) is 91.0 Å². The first-order chi connectivity index (χ1) is 33.0. The highest BCUT2D eigenvalue weighted by molar-refractivity contribution is 6.03. The van der Waals surface area contributed by atoms with E-state index in [4.69, 9.17) is 4.42 Å². The number of hydrogen-bond acceptors (Lipinski definition) is 17. The van der Waals surface area contributed by atoms with E-state index >= 15 is 0 Å². The number of ether oxygens (including phenoxy) is 4. The quantitative estimate of drug-likeness (QED) is 0.0206. The van der Waals surface area contributed by atoms with E-state index in [-0.39, 0.29) is 11.1 Å². The van der Waals surface area contributed by atoms with Crippen LogP contribution in [0.2, 0.25) is 0 Å². The maximum absolute atomic E-state index is 11.2. The summed E-state index contributed by atoms with van der Waals surface area (Å²) in [5.41, 5.74) is 4.78. The molecule has 17 heteroatoms. The van der Waals surface area contributed by atoms with E-state index < -0.39 is 11.9 Å². The topological polar surface area (TPSA) is 193 Å². The van der Waals surface area contributed by atoms with Gasteiger partial charge in [0.1, 0.15) is 5.52 Å². The van der Waals surface area contributed by atoms with E-state index in [0.29, 0.717) is 5.69 Å². The number of carbonyl (C=O) groups excluding carboxylic acids is 3. The van der Waals surface area contributed by atoms with Crippen molar-refractivity contribution < 1.29 is 37.7 Å². The lowest BCUT2D eigenvalue weighted by Gasteiger charge is -2.34. The molecule has 0 bridgehead atoms. The molecule has 0 atom stereocenters. The smallest absolute Gasteiger partial charge is 0.338 e. The Balaban J connectivity index is 0.000000807. The van der Waals surface area contributed by atoms with E-state index in [9.17, 15) is 14.4 Å². The maximum atomic E-state index is 11.2. The monoisotopic (exact) mass is 948 g/mol. The average molecular weight is 948 g/mol. The summed E-state index contributed by atoms with van der Waals surface area (Å²) in [6, 6.07) is 19.7. The van der Waals surface area contributed by atoms with Gasteiger partial charge < -0.3 is 59.7 Å². The Morgan fingerprint density at radius 2 is 1.16 bits per heavy atom. The van der Waals surface area contributed by atoms with Crippen LogP contribution in [-0.2, 0) is 23.7 Å². The summed E-state index contributed by atoms with van der Waals surface area (Å²) in [6.45, 7) is 15.8. The van der Waals surface area contributed by atoms with Gasteiger partial charge in [0.15, 0.2) is 11.5 Å². The molecule has 0 spiro atoms. The van der Waals surface area contributed by atoms with Crippen LogP contribution in [0.15, 0.2) is 101 Å². The van der Waals surface area contributed by atoms with Crippen molar-refractivity contribution >= 4 is 40.5 Å². The third kappa shape index (κ3) is 29.7. The highest BCUT2D eigenvalue weighted by atomic mass is 16.5. The first-order valence-electron chi connectivity index (χ1n) is 22.9. The van der Waals surface area contributed by atoms with Crippen LogP contribution in [0.25, 0.3) is 11.1 Å². The number of esters is 2. The van der Waals surface area contributed by atoms with E-state index in [1.807, 2.05) is 97.6 Å². The van der Waals surface area contributed by atoms with Crippen molar-refractivity contribution in [2.75, 3.05) is 134 Å². The second kappa shape index (κ2) is 42.4. The summed E-state index contributed by atoms with van der Waals surface area (Å²) in [5, 5.41) is 15.5. The normalized spacial score (nSPS) is 11.9. The van der Waals surface area contributed by atoms with Crippen molar-refractivity contribution in [1.29, 1.82) is 0 Å². The molecule has 17 nitrogen and oxygen atoms in total. The summed E-state index contributed by atoms with van der Waals surface area (Å²) >= 11 is 0. The minimum absolute atomic E-state index is 0.210. The van der Waals surface area contributed by atoms with Gasteiger partial charge in [0, 0.05) is 45.8 Å². The second-order valence-electron chi connectivity index (χ2n) is 14.8. The van der Waals surface area contributed by atoms with Gasteiger partial charge in [0.2, 0.25) is 6.08 Å². The number of aliphatic imine (C=N–C) groups is 1. The number of nitrogens with one attached hydrogen (secondary N) is 5. The molecule has 0 amide bonds. The zero-order valence-electron chi connectivity index (χ0n) is 42.6. The number of fused-ring (bicyclic) bond motifs is 1. The van der Waals surface area contributed by atoms with E-state index in [2.05, 4.69) is 65.3 Å². The first kappa shape index (κ1) is 62.1. The predicted octanol–water partition coefficient (Wildman–Crippen LogP) is 6.74. The van der Waals surface area contributed by atoms with Gasteiger partial charge in [-0.25, -0.2) is 19.4 Å². The zero-order valence-corrected chi connectivity index (χ0v) is 42.6. The molecule has 2 heterocycles. The van der Waals surface area contributed by atoms with Crippen molar-refractivity contribution in [3.63, 3.8) is 0 Å². The lowest BCUT2D eigenvalue weighted by molar-refractivity contribution is 0.0555. The summed E-state index contributed by atoms with van der Waals surface area (Å²) in [7, 11) is 15.6. The number of benzene rings is 3. The van der Waals surface area contributed by atoms with Crippen LogP contribution in [0.4, 0.5) is 11.4 Å². The van der Waals surface area contributed by atoms with Crippen LogP contribution in [0.1, 0.15) is 57.9 Å². The van der Waals surface area contributed by atoms with Crippen molar-refractivity contribution in [3.05, 3.63) is 114 Å². The molecule has 1 aliphatic rings. The number of anilines is 1. The maximum Gasteiger partial charge on any atom is 0.338 e. The Morgan fingerprint density at radius 3 is 1.59 bits per heavy atom. The summed E-state index contributed by atoms with van der Waals surface area (Å²) in [5.74, 6) is -0.377. The molecule has 5 rings (SSSR count). The number of methoxy groups -OCH3 is 4. The molecule has 0 aliphatic carbocycles. The molecule has 1 fully saturated rings. The number of piperazine rings is 1. The minimum Gasteiger partial charge on any atom is -0.505 e. The Bertz CT molecular complexity index is 1890. The Hall–Kier alpha value is -5.91. The molecule has 5 N–H and O–H groups in total. The van der Waals surface area contributed by atoms with Gasteiger partial charge in [-0.15, -0.1) is 0 Å². The largest absolute Gasteiger partial charge is 0.505 e. The van der Waals surface area contributed by atoms with Crippen molar-refractivity contribution in [2.45, 2.75) is 39.5 Å². The molecule has 1 aromatic heterocycles. The minimum atomic E-state index is -0.550. The standard InChI is InChI=1S/C12H28N4.C10H10O4.C9H10N2O.C8H7NO.C7H12O2.C5H14N2/c1-13-5-3-7-15-9-11-16(12-10-15)8-4-6-14-2;1-13-9(11)7-5-3-4-6-8(7)10(12)14-2;1-7-3-4-8(10-2)5-9(7)11-6-12;1-6-9-7-4-2-3-5-8(7)10-6;1-8-6-4-3-5-7-9-2;1-6-4-3-5-7-2/h13-14H,3-12H2,1-2H3;3-6H,1-2H3;3-5,10H,1-2H3;2-5H,1H3;4-7H,3H2,1-2H3;6-7H,3-5H2,1-2H3. The van der Waals surface area contributed by atoms with Crippen LogP contribution in [0, 0.1) is 13.8 Å². The van der Waals surface area contributed by atoms with Crippen molar-refractivity contribution in [3.8, 4) is 0 Å². The first-order valence-corrected chi connectivity index (χ1v) is 22.9. The van der Waals surface area contributed by atoms with E-state index in [1.54, 1.807) is 44.9 Å². The SMILES string of the molecule is CNCCCN1CCN(CCCNC)CC1.CNCCCNC.CNc1ccc(C)c(N=C=O)c1.COC(=O)c1ccccc1C(=O)OC.COC=CCC=COC.Cc1nc2ccccc2o1. The van der Waals surface area contributed by atoms with E-state index in [0.717, 1.165) is 60.8 Å². The molecule has 4 aromatic rings. The molecule has 0 unspecified atom stereocenters. The van der Waals surface area contributed by atoms with Gasteiger partial charge in [0.25, 0.3) is 0 Å². The summed E-state index contributed by atoms with van der Waals surface area (Å²) in [4.78, 5) is 45.4. The number of rotatable bonds is 20. The highest BCUT2D eigenvalue weighted by Crippen LogP contribution is 2.22. The summed E-state index contributed by atoms with van der Waals surface area (Å²) < 4.78 is 23.6. The number of aromatic nitrogens is 1. The molecule has 68 heavy (non-hydrogen) atoms. The number of nitrogens with zero attached hydrogens (tertiary/aromatic N) is 4. The van der Waals surface area contributed by atoms with Crippen LogP contribution in [0.5, 0.6) is 0 Å². The fourth-order valence-corrected chi connectivity index (χ4v) is 6.00. The molecule has 1 saturated heterocycles. The Kier molecular flexibility index (Phi) is 38.8. The lowest BCUT2D eigenvalue weighted by atomic mass is 10.1. The Labute approximate surface area is 406 Å². The fraction of sp³-hybridized carbons (Fsp3) is 0.490. The third-order valence-corrected chi connectivity index (χ3v) is 9.66. The molecule has 1 aliphatic heterocycles. The van der Waals surface area contributed by atoms with Crippen LogP contribution >= 0.6 is 0 Å². The van der Waals surface area contributed by atoms with Crippen LogP contribution in [0.3, 0.4) is 0 Å². The fourth-order valence-electron chi connectivity index (χ4n) is 6.00. The van der Waals surface area contributed by atoms with Gasteiger partial charge >= 0.3 is 11.9 Å². The molecule has 0 saturated carbocycles. The predicted molar refractivity (Wildman–Crippen MR) is 276 cm³/mol. The van der Waals surface area contributed by atoms with Crippen LogP contribution in [-0.4, -0.2) is 162 Å². The van der Waals surface area contributed by atoms with Gasteiger partial charge in [-0.1, -0.05) is 30.3 Å². The van der Waals surface area contributed by atoms with Gasteiger partial charge in [0.05, 0.1) is 57.8 Å². The van der Waals surface area contributed by atoms with Crippen molar-refractivity contribution in [1.82, 2.24) is 36.1 Å². The second-order valence-corrected chi connectivity index (χ2v) is 14.8. The highest BCUT2D eigenvalue weighted by Gasteiger charge is 2.17. The number of hydrogen-bond donors (Lipinski definition) is 5.